The zero-order valence-corrected chi connectivity index (χ0v) is 11.2. The zero-order chi connectivity index (χ0) is 12.8. The molecule has 0 fully saturated rings. The smallest absolute Gasteiger partial charge is 0.0890 e. The first kappa shape index (κ1) is 13.1. The molecular weight excluding hydrogens is 246 g/mol. The summed E-state index contributed by atoms with van der Waals surface area (Å²) in [5.41, 5.74) is 2.78. The SMILES string of the molecule is CS(=O)CCCNCc1cnc2ccccc2n1. The number of hydrogen-bond donors (Lipinski definition) is 1. The van der Waals surface area contributed by atoms with E-state index in [1.54, 1.807) is 12.5 Å². The van der Waals surface area contributed by atoms with Crippen LogP contribution in [-0.2, 0) is 17.3 Å². The number of benzene rings is 1. The molecule has 0 spiro atoms. The molecule has 0 amide bonds. The Hall–Kier alpha value is -1.33. The molecule has 18 heavy (non-hydrogen) atoms. The van der Waals surface area contributed by atoms with Crippen LogP contribution < -0.4 is 5.32 Å². The maximum absolute atomic E-state index is 10.9. The third-order valence-electron chi connectivity index (χ3n) is 2.59. The number of fused-ring (bicyclic) bond motifs is 1. The molecule has 0 saturated carbocycles. The molecule has 1 aromatic carbocycles. The summed E-state index contributed by atoms with van der Waals surface area (Å²) in [5.74, 6) is 0.746. The van der Waals surface area contributed by atoms with Gasteiger partial charge in [-0.3, -0.25) is 9.19 Å². The van der Waals surface area contributed by atoms with E-state index in [0.29, 0.717) is 6.54 Å². The molecule has 0 saturated heterocycles. The van der Waals surface area contributed by atoms with Gasteiger partial charge in [-0.15, -0.1) is 0 Å². The molecule has 4 nitrogen and oxygen atoms in total. The standard InChI is InChI=1S/C13H17N3OS/c1-18(17)8-4-7-14-9-11-10-15-12-5-2-3-6-13(12)16-11/h2-3,5-6,10,14H,4,7-9H2,1H3. The molecule has 0 bridgehead atoms. The van der Waals surface area contributed by atoms with Gasteiger partial charge in [0.05, 0.1) is 22.9 Å². The van der Waals surface area contributed by atoms with Crippen LogP contribution in [0.2, 0.25) is 0 Å². The molecule has 1 aromatic heterocycles. The molecule has 1 heterocycles. The molecule has 1 atom stereocenters. The van der Waals surface area contributed by atoms with E-state index in [4.69, 9.17) is 0 Å². The fourth-order valence-electron chi connectivity index (χ4n) is 1.70. The van der Waals surface area contributed by atoms with Gasteiger partial charge in [0.25, 0.3) is 0 Å². The number of nitrogens with one attached hydrogen (secondary N) is 1. The normalized spacial score (nSPS) is 12.7. The molecule has 1 unspecified atom stereocenters. The first-order chi connectivity index (χ1) is 8.75. The highest BCUT2D eigenvalue weighted by atomic mass is 32.2. The van der Waals surface area contributed by atoms with Crippen molar-refractivity contribution >= 4 is 21.8 Å². The van der Waals surface area contributed by atoms with E-state index in [1.807, 2.05) is 24.3 Å². The van der Waals surface area contributed by atoms with Crippen LogP contribution in [-0.4, -0.2) is 32.7 Å². The van der Waals surface area contributed by atoms with Gasteiger partial charge in [-0.05, 0) is 25.1 Å². The average molecular weight is 263 g/mol. The molecule has 0 radical (unpaired) electrons. The number of para-hydroxylation sites is 2. The summed E-state index contributed by atoms with van der Waals surface area (Å²) in [4.78, 5) is 8.88. The van der Waals surface area contributed by atoms with Crippen molar-refractivity contribution in [1.82, 2.24) is 15.3 Å². The summed E-state index contributed by atoms with van der Waals surface area (Å²) in [6.07, 6.45) is 4.45. The van der Waals surface area contributed by atoms with E-state index in [9.17, 15) is 4.21 Å². The Morgan fingerprint density at radius 3 is 2.83 bits per heavy atom. The lowest BCUT2D eigenvalue weighted by molar-refractivity contribution is 0.655. The van der Waals surface area contributed by atoms with Gasteiger partial charge >= 0.3 is 0 Å². The fourth-order valence-corrected chi connectivity index (χ4v) is 2.25. The summed E-state index contributed by atoms with van der Waals surface area (Å²) in [6, 6.07) is 7.84. The molecule has 5 heteroatoms. The number of nitrogens with zero attached hydrogens (tertiary/aromatic N) is 2. The van der Waals surface area contributed by atoms with Crippen molar-refractivity contribution in [3.63, 3.8) is 0 Å². The van der Waals surface area contributed by atoms with Gasteiger partial charge in [0.2, 0.25) is 0 Å². The second kappa shape index (κ2) is 6.56. The quantitative estimate of drug-likeness (QED) is 0.802. The number of aromatic nitrogens is 2. The Balaban J connectivity index is 1.86. The Bertz CT molecular complexity index is 545. The summed E-state index contributed by atoms with van der Waals surface area (Å²) < 4.78 is 10.9. The molecule has 0 aliphatic carbocycles. The minimum absolute atomic E-state index is 0.700. The molecule has 96 valence electrons. The maximum Gasteiger partial charge on any atom is 0.0890 e. The Morgan fingerprint density at radius 1 is 1.28 bits per heavy atom. The number of hydrogen-bond acceptors (Lipinski definition) is 4. The molecule has 0 aliphatic rings. The summed E-state index contributed by atoms with van der Waals surface area (Å²) in [6.45, 7) is 1.56. The van der Waals surface area contributed by atoms with Crippen LogP contribution >= 0.6 is 0 Å². The second-order valence-electron chi connectivity index (χ2n) is 4.16. The molecule has 2 rings (SSSR count). The third-order valence-corrected chi connectivity index (χ3v) is 3.45. The number of rotatable bonds is 6. The second-order valence-corrected chi connectivity index (χ2v) is 5.71. The molecule has 2 aromatic rings. The van der Waals surface area contributed by atoms with E-state index in [0.717, 1.165) is 35.4 Å². The predicted molar refractivity (Wildman–Crippen MR) is 74.8 cm³/mol. The van der Waals surface area contributed by atoms with Crippen molar-refractivity contribution < 1.29 is 4.21 Å². The van der Waals surface area contributed by atoms with Crippen LogP contribution in [0.15, 0.2) is 30.5 Å². The first-order valence-electron chi connectivity index (χ1n) is 5.97. The minimum Gasteiger partial charge on any atom is -0.311 e. The van der Waals surface area contributed by atoms with Crippen LogP contribution in [0.25, 0.3) is 11.0 Å². The molecule has 0 aliphatic heterocycles. The first-order valence-corrected chi connectivity index (χ1v) is 7.70. The zero-order valence-electron chi connectivity index (χ0n) is 10.4. The van der Waals surface area contributed by atoms with E-state index in [-0.39, 0.29) is 0 Å². The van der Waals surface area contributed by atoms with Crippen LogP contribution in [0, 0.1) is 0 Å². The van der Waals surface area contributed by atoms with Crippen molar-refractivity contribution in [2.24, 2.45) is 0 Å². The third kappa shape index (κ3) is 3.85. The van der Waals surface area contributed by atoms with Crippen LogP contribution in [0.4, 0.5) is 0 Å². The Morgan fingerprint density at radius 2 is 2.06 bits per heavy atom. The van der Waals surface area contributed by atoms with Gasteiger partial charge in [-0.2, -0.15) is 0 Å². The van der Waals surface area contributed by atoms with Gasteiger partial charge in [0, 0.05) is 29.4 Å². The van der Waals surface area contributed by atoms with E-state index < -0.39 is 10.8 Å². The van der Waals surface area contributed by atoms with Gasteiger partial charge in [0.1, 0.15) is 0 Å². The van der Waals surface area contributed by atoms with Crippen molar-refractivity contribution in [1.29, 1.82) is 0 Å². The predicted octanol–water partition coefficient (Wildman–Crippen LogP) is 1.49. The monoisotopic (exact) mass is 263 g/mol. The van der Waals surface area contributed by atoms with Gasteiger partial charge in [-0.25, -0.2) is 4.98 Å². The average Bonchev–Trinajstić information content (AvgIpc) is 2.38. The van der Waals surface area contributed by atoms with E-state index in [1.165, 1.54) is 0 Å². The maximum atomic E-state index is 10.9. The highest BCUT2D eigenvalue weighted by Crippen LogP contribution is 2.08. The molecular formula is C13H17N3OS. The van der Waals surface area contributed by atoms with Crippen LogP contribution in [0.1, 0.15) is 12.1 Å². The lowest BCUT2D eigenvalue weighted by Gasteiger charge is -2.04. The summed E-state index contributed by atoms with van der Waals surface area (Å²) in [7, 11) is -0.700. The lowest BCUT2D eigenvalue weighted by Crippen LogP contribution is -2.17. The topological polar surface area (TPSA) is 54.9 Å². The van der Waals surface area contributed by atoms with E-state index >= 15 is 0 Å². The summed E-state index contributed by atoms with van der Waals surface area (Å²) >= 11 is 0. The Kier molecular flexibility index (Phi) is 4.78. The highest BCUT2D eigenvalue weighted by Gasteiger charge is 1.99. The fraction of sp³-hybridized carbons (Fsp3) is 0.385. The van der Waals surface area contributed by atoms with Crippen LogP contribution in [0.5, 0.6) is 0 Å². The van der Waals surface area contributed by atoms with Gasteiger partial charge < -0.3 is 5.32 Å². The molecule has 1 N–H and O–H groups in total. The minimum atomic E-state index is -0.700. The van der Waals surface area contributed by atoms with Crippen molar-refractivity contribution in [3.8, 4) is 0 Å². The van der Waals surface area contributed by atoms with E-state index in [2.05, 4.69) is 15.3 Å². The summed E-state index contributed by atoms with van der Waals surface area (Å²) in [5, 5.41) is 3.28. The van der Waals surface area contributed by atoms with Gasteiger partial charge in [0.15, 0.2) is 0 Å². The highest BCUT2D eigenvalue weighted by molar-refractivity contribution is 7.84. The van der Waals surface area contributed by atoms with Crippen molar-refractivity contribution in [2.45, 2.75) is 13.0 Å². The van der Waals surface area contributed by atoms with Crippen molar-refractivity contribution in [3.05, 3.63) is 36.2 Å². The lowest BCUT2D eigenvalue weighted by atomic mass is 10.3. The Labute approximate surface area is 109 Å². The largest absolute Gasteiger partial charge is 0.311 e. The van der Waals surface area contributed by atoms with Gasteiger partial charge in [-0.1, -0.05) is 12.1 Å². The van der Waals surface area contributed by atoms with Crippen LogP contribution in [0.3, 0.4) is 0 Å². The van der Waals surface area contributed by atoms with Crippen molar-refractivity contribution in [2.75, 3.05) is 18.6 Å².